The van der Waals surface area contributed by atoms with Gasteiger partial charge in [-0.3, -0.25) is 0 Å². The van der Waals surface area contributed by atoms with Crippen LogP contribution in [-0.2, 0) is 0 Å². The molecule has 0 unspecified atom stereocenters. The smallest absolute Gasteiger partial charge is 0.699 e. The van der Waals surface area contributed by atoms with Crippen LogP contribution in [0.1, 0.15) is 61.3 Å². The predicted octanol–water partition coefficient (Wildman–Crippen LogP) is -1.37. The van der Waals surface area contributed by atoms with Crippen LogP contribution in [0.25, 0.3) is 10.5 Å². The first-order valence-corrected chi connectivity index (χ1v) is 6.08. The Labute approximate surface area is 133 Å². The van der Waals surface area contributed by atoms with Crippen LogP contribution in [-0.4, -0.2) is 18.1 Å². The molecule has 0 N–H and O–H groups in total. The summed E-state index contributed by atoms with van der Waals surface area (Å²) in [6, 6.07) is 0. The van der Waals surface area contributed by atoms with E-state index in [4.69, 9.17) is 10.5 Å². The van der Waals surface area contributed by atoms with Crippen molar-refractivity contribution in [3.8, 4) is 0 Å². The van der Waals surface area contributed by atoms with Gasteiger partial charge in [-0.1, -0.05) is 61.3 Å². The van der Waals surface area contributed by atoms with Gasteiger partial charge in [0, 0.05) is 0 Å². The topological polar surface area (TPSA) is 28.2 Å². The van der Waals surface area contributed by atoms with E-state index in [0.29, 0.717) is 0 Å². The van der Waals surface area contributed by atoms with Crippen molar-refractivity contribution in [1.82, 2.24) is 0 Å². The molecule has 0 radical (unpaired) electrons. The zero-order valence-corrected chi connectivity index (χ0v) is 13.6. The van der Waals surface area contributed by atoms with Gasteiger partial charge >= 0.3 is 37.7 Å². The van der Waals surface area contributed by atoms with Crippen LogP contribution in [0.5, 0.6) is 0 Å². The molecule has 0 rings (SSSR count). The third-order valence-corrected chi connectivity index (χ3v) is 1.89. The quantitative estimate of drug-likeness (QED) is 0.515. The van der Waals surface area contributed by atoms with E-state index in [1.54, 1.807) is 0 Å². The second kappa shape index (κ2) is 10.0. The fourth-order valence-corrected chi connectivity index (χ4v) is 1.44. The molecule has 5 heteroatoms. The maximum Gasteiger partial charge on any atom is 1.00 e. The second-order valence-corrected chi connectivity index (χ2v) is 6.22. The van der Waals surface area contributed by atoms with Gasteiger partial charge in [0.15, 0.2) is 0 Å². The van der Waals surface area contributed by atoms with Crippen molar-refractivity contribution in [3.63, 3.8) is 0 Å². The molecule has 0 aliphatic heterocycles. The number of hydrogen-bond donors (Lipinski definition) is 0. The van der Waals surface area contributed by atoms with Crippen molar-refractivity contribution in [1.29, 1.82) is 0 Å². The standard InChI is InChI=1S/C12H27BN2.2Li/c1-8-9-10-13(14-11(2,3)4)15-12(5,6)7;;/h8-10H2,1-7H3;;/q-2;2*+1. The van der Waals surface area contributed by atoms with Crippen LogP contribution in [0.4, 0.5) is 0 Å². The molecule has 0 spiro atoms. The van der Waals surface area contributed by atoms with Crippen molar-refractivity contribution in [2.75, 3.05) is 0 Å². The first kappa shape index (κ1) is 23.3. The average molecular weight is 224 g/mol. The van der Waals surface area contributed by atoms with Gasteiger partial charge in [0.2, 0.25) is 0 Å². The molecule has 90 valence electrons. The Morgan fingerprint density at radius 1 is 0.824 bits per heavy atom. The van der Waals surface area contributed by atoms with Gasteiger partial charge in [-0.2, -0.15) is 0 Å². The van der Waals surface area contributed by atoms with Crippen LogP contribution in [0.2, 0.25) is 6.32 Å². The predicted molar refractivity (Wildman–Crippen MR) is 71.7 cm³/mol. The van der Waals surface area contributed by atoms with E-state index in [2.05, 4.69) is 48.5 Å². The Morgan fingerprint density at radius 3 is 1.41 bits per heavy atom. The van der Waals surface area contributed by atoms with Gasteiger partial charge < -0.3 is 10.5 Å². The van der Waals surface area contributed by atoms with Gasteiger partial charge in [0.25, 0.3) is 0 Å². The Kier molecular flexibility index (Phi) is 13.7. The number of rotatable bonds is 5. The normalized spacial score (nSPS) is 11.5. The van der Waals surface area contributed by atoms with Gasteiger partial charge in [0.1, 0.15) is 0 Å². The summed E-state index contributed by atoms with van der Waals surface area (Å²) < 4.78 is 0. The van der Waals surface area contributed by atoms with Gasteiger partial charge in [-0.25, -0.2) is 0 Å². The zero-order chi connectivity index (χ0) is 12.1. The third kappa shape index (κ3) is 17.2. The van der Waals surface area contributed by atoms with E-state index in [-0.39, 0.29) is 55.8 Å². The molecule has 0 atom stereocenters. The second-order valence-electron chi connectivity index (χ2n) is 6.22. The van der Waals surface area contributed by atoms with Gasteiger partial charge in [0.05, 0.1) is 0 Å². The monoisotopic (exact) mass is 224 g/mol. The van der Waals surface area contributed by atoms with Gasteiger partial charge in [-0.05, 0) is 0 Å². The third-order valence-electron chi connectivity index (χ3n) is 1.89. The van der Waals surface area contributed by atoms with Crippen molar-refractivity contribution in [3.05, 3.63) is 10.5 Å². The maximum absolute atomic E-state index is 4.77. The minimum Gasteiger partial charge on any atom is -0.699 e. The van der Waals surface area contributed by atoms with Crippen molar-refractivity contribution < 1.29 is 37.7 Å². The molecule has 0 aromatic carbocycles. The van der Waals surface area contributed by atoms with Crippen LogP contribution in [0.3, 0.4) is 0 Å². The van der Waals surface area contributed by atoms with Crippen LogP contribution < -0.4 is 37.7 Å². The van der Waals surface area contributed by atoms with Crippen molar-refractivity contribution in [2.45, 2.75) is 78.7 Å². The molecule has 0 bridgehead atoms. The molecule has 0 aromatic heterocycles. The first-order valence-electron chi connectivity index (χ1n) is 6.08. The fourth-order valence-electron chi connectivity index (χ4n) is 1.44. The van der Waals surface area contributed by atoms with E-state index in [1.807, 2.05) is 0 Å². The molecular weight excluding hydrogens is 197 g/mol. The van der Waals surface area contributed by atoms with E-state index >= 15 is 0 Å². The Balaban J connectivity index is -0.000000980. The largest absolute Gasteiger partial charge is 1.00 e. The van der Waals surface area contributed by atoms with Crippen molar-refractivity contribution >= 4 is 6.98 Å². The van der Waals surface area contributed by atoms with E-state index in [9.17, 15) is 0 Å². The Morgan fingerprint density at radius 2 is 1.18 bits per heavy atom. The summed E-state index contributed by atoms with van der Waals surface area (Å²) in [6.07, 6.45) is 3.52. The van der Waals surface area contributed by atoms with E-state index in [0.717, 1.165) is 6.32 Å². The Hall–Kier alpha value is 1.18. The minimum absolute atomic E-state index is 0. The Bertz CT molecular complexity index is 160. The minimum atomic E-state index is 0. The van der Waals surface area contributed by atoms with E-state index < -0.39 is 0 Å². The molecule has 0 saturated heterocycles. The summed E-state index contributed by atoms with van der Waals surface area (Å²) in [5, 5.41) is 9.53. The number of nitrogens with zero attached hydrogens (tertiary/aromatic N) is 2. The summed E-state index contributed by atoms with van der Waals surface area (Å²) in [6.45, 7) is 15.2. The first-order chi connectivity index (χ1) is 6.64. The molecule has 0 aromatic rings. The summed E-state index contributed by atoms with van der Waals surface area (Å²) in [5.74, 6) is 0. The molecule has 0 amide bonds. The summed E-state index contributed by atoms with van der Waals surface area (Å²) >= 11 is 0. The summed E-state index contributed by atoms with van der Waals surface area (Å²) in [7, 11) is 0. The van der Waals surface area contributed by atoms with E-state index in [1.165, 1.54) is 12.8 Å². The molecular formula is C12H27BLi2N2. The molecule has 17 heavy (non-hydrogen) atoms. The molecule has 0 aliphatic carbocycles. The maximum atomic E-state index is 4.77. The summed E-state index contributed by atoms with van der Waals surface area (Å²) in [5.41, 5.74) is 0.0420. The van der Waals surface area contributed by atoms with Crippen LogP contribution >= 0.6 is 0 Å². The molecule has 0 fully saturated rings. The summed E-state index contributed by atoms with van der Waals surface area (Å²) in [4.78, 5) is 0. The molecule has 0 aliphatic rings. The van der Waals surface area contributed by atoms with Crippen LogP contribution in [0.15, 0.2) is 0 Å². The van der Waals surface area contributed by atoms with Crippen LogP contribution in [0, 0.1) is 0 Å². The van der Waals surface area contributed by atoms with Crippen molar-refractivity contribution in [2.24, 2.45) is 0 Å². The molecule has 2 nitrogen and oxygen atoms in total. The number of hydrogen-bond acceptors (Lipinski definition) is 0. The average Bonchev–Trinajstić information content (AvgIpc) is 1.94. The molecule has 0 heterocycles. The number of unbranched alkanes of at least 4 members (excludes halogenated alkanes) is 1. The zero-order valence-electron chi connectivity index (χ0n) is 13.6. The van der Waals surface area contributed by atoms with Gasteiger partial charge in [-0.15, -0.1) is 24.4 Å². The SMILES string of the molecule is CCCCB([N-]C(C)(C)C)[N-]C(C)(C)C.[Li+].[Li+]. The molecule has 0 saturated carbocycles. The fraction of sp³-hybridized carbons (Fsp3) is 1.00.